The molecule has 1 amide bonds. The maximum Gasteiger partial charge on any atom is 0.302 e. The molecule has 0 bridgehead atoms. The summed E-state index contributed by atoms with van der Waals surface area (Å²) in [4.78, 5) is 52.1. The predicted octanol–water partition coefficient (Wildman–Crippen LogP) is 4.84. The van der Waals surface area contributed by atoms with E-state index in [-0.39, 0.29) is 18.1 Å². The van der Waals surface area contributed by atoms with Gasteiger partial charge in [-0.3, -0.25) is 19.3 Å². The quantitative estimate of drug-likeness (QED) is 0.268. The van der Waals surface area contributed by atoms with Gasteiger partial charge in [-0.05, 0) is 73.6 Å². The summed E-state index contributed by atoms with van der Waals surface area (Å²) in [5, 5.41) is 3.18. The minimum absolute atomic E-state index is 0.0744. The van der Waals surface area contributed by atoms with Gasteiger partial charge in [0, 0.05) is 69.9 Å². The Kier molecular flexibility index (Phi) is 8.42. The highest BCUT2D eigenvalue weighted by Crippen LogP contribution is 2.35. The Morgan fingerprint density at radius 3 is 2.67 bits per heavy atom. The lowest BCUT2D eigenvalue weighted by Crippen LogP contribution is -2.41. The molecule has 0 saturated carbocycles. The zero-order chi connectivity index (χ0) is 31.7. The van der Waals surface area contributed by atoms with Gasteiger partial charge < -0.3 is 24.1 Å². The summed E-state index contributed by atoms with van der Waals surface area (Å²) in [6, 6.07) is 9.42. The van der Waals surface area contributed by atoms with Crippen LogP contribution in [0.4, 0.5) is 23.0 Å². The van der Waals surface area contributed by atoms with Crippen molar-refractivity contribution >= 4 is 34.9 Å². The van der Waals surface area contributed by atoms with Crippen molar-refractivity contribution in [3.63, 3.8) is 0 Å². The van der Waals surface area contributed by atoms with Crippen molar-refractivity contribution in [3.8, 4) is 11.1 Å². The summed E-state index contributed by atoms with van der Waals surface area (Å²) in [6.45, 7) is 5.44. The number of amides is 1. The fourth-order valence-electron chi connectivity index (χ4n) is 6.38. The minimum Gasteiger partial charge on any atom is -0.461 e. The summed E-state index contributed by atoms with van der Waals surface area (Å²) in [6.07, 6.45) is 10.4. The summed E-state index contributed by atoms with van der Waals surface area (Å²) >= 11 is 0. The van der Waals surface area contributed by atoms with Crippen molar-refractivity contribution in [1.82, 2.24) is 19.1 Å². The number of nitrogens with zero attached hydrogens (tertiary/aromatic N) is 6. The van der Waals surface area contributed by atoms with E-state index in [1.807, 2.05) is 31.3 Å². The molecular weight excluding hydrogens is 570 g/mol. The summed E-state index contributed by atoms with van der Waals surface area (Å²) < 4.78 is 9.16. The Hall–Kier alpha value is -4.93. The normalized spacial score (nSPS) is 14.1. The van der Waals surface area contributed by atoms with Gasteiger partial charge in [-0.2, -0.15) is 0 Å². The van der Waals surface area contributed by atoms with Gasteiger partial charge in [-0.1, -0.05) is 6.92 Å². The molecule has 4 aromatic heterocycles. The third-order valence-electron chi connectivity index (χ3n) is 8.63. The van der Waals surface area contributed by atoms with Crippen molar-refractivity contribution in [2.24, 2.45) is 7.05 Å². The van der Waals surface area contributed by atoms with Gasteiger partial charge in [0.05, 0.1) is 11.9 Å². The van der Waals surface area contributed by atoms with Crippen molar-refractivity contribution in [2.45, 2.75) is 59.1 Å². The number of aryl methyl sites for hydroxylation is 2. The smallest absolute Gasteiger partial charge is 0.302 e. The lowest BCUT2D eigenvalue weighted by atomic mass is 9.98. The van der Waals surface area contributed by atoms with E-state index in [9.17, 15) is 14.4 Å². The van der Waals surface area contributed by atoms with Crippen LogP contribution >= 0.6 is 0 Å². The van der Waals surface area contributed by atoms with Crippen LogP contribution in [0.5, 0.6) is 0 Å². The van der Waals surface area contributed by atoms with Crippen LogP contribution in [0.15, 0.2) is 53.7 Å². The van der Waals surface area contributed by atoms with Crippen molar-refractivity contribution in [3.05, 3.63) is 81.8 Å². The Balaban J connectivity index is 1.37. The zero-order valence-electron chi connectivity index (χ0n) is 26.3. The molecule has 1 N–H and O–H groups in total. The predicted molar refractivity (Wildman–Crippen MR) is 174 cm³/mol. The van der Waals surface area contributed by atoms with E-state index in [0.29, 0.717) is 52.8 Å². The molecule has 0 spiro atoms. The van der Waals surface area contributed by atoms with Gasteiger partial charge in [-0.25, -0.2) is 9.97 Å². The highest BCUT2D eigenvalue weighted by atomic mass is 16.5. The van der Waals surface area contributed by atoms with Crippen LogP contribution in [-0.2, 0) is 42.6 Å². The molecule has 0 unspecified atom stereocenters. The van der Waals surface area contributed by atoms with E-state index in [4.69, 9.17) is 4.74 Å². The van der Waals surface area contributed by atoms with E-state index in [2.05, 4.69) is 31.7 Å². The fraction of sp³-hybridized carbons (Fsp3) is 0.382. The van der Waals surface area contributed by atoms with Gasteiger partial charge in [0.25, 0.3) is 11.5 Å². The number of carbonyl (C=O) groups is 2. The maximum absolute atomic E-state index is 13.9. The average Bonchev–Trinajstić information content (AvgIpc) is 3.42. The van der Waals surface area contributed by atoms with Crippen molar-refractivity contribution in [1.29, 1.82) is 0 Å². The van der Waals surface area contributed by atoms with Gasteiger partial charge in [0.15, 0.2) is 0 Å². The number of fused-ring (bicyclic) bond motifs is 3. The van der Waals surface area contributed by atoms with E-state index in [1.165, 1.54) is 22.7 Å². The first-order chi connectivity index (χ1) is 21.7. The summed E-state index contributed by atoms with van der Waals surface area (Å²) in [5.41, 5.74) is 6.31. The van der Waals surface area contributed by atoms with E-state index in [0.717, 1.165) is 44.3 Å². The second-order valence-electron chi connectivity index (χ2n) is 11.8. The van der Waals surface area contributed by atoms with E-state index < -0.39 is 5.97 Å². The first-order valence-corrected chi connectivity index (χ1v) is 15.5. The van der Waals surface area contributed by atoms with Gasteiger partial charge >= 0.3 is 5.97 Å². The summed E-state index contributed by atoms with van der Waals surface area (Å²) in [5.74, 6) is 0.426. The first-order valence-electron chi connectivity index (χ1n) is 15.5. The number of hydrogen-bond acceptors (Lipinski definition) is 8. The average molecular weight is 610 g/mol. The summed E-state index contributed by atoms with van der Waals surface area (Å²) in [7, 11) is 3.71. The number of ether oxygens (including phenoxy) is 1. The number of pyridine rings is 3. The third-order valence-corrected chi connectivity index (χ3v) is 8.63. The van der Waals surface area contributed by atoms with Gasteiger partial charge in [0.2, 0.25) is 0 Å². The lowest BCUT2D eigenvalue weighted by Gasteiger charge is -2.31. The highest BCUT2D eigenvalue weighted by Gasteiger charge is 2.32. The van der Waals surface area contributed by atoms with E-state index in [1.54, 1.807) is 36.6 Å². The van der Waals surface area contributed by atoms with E-state index >= 15 is 0 Å². The number of rotatable bonds is 9. The van der Waals surface area contributed by atoms with Crippen LogP contribution in [0.1, 0.15) is 60.4 Å². The topological polar surface area (TPSA) is 115 Å². The number of carbonyl (C=O) groups excluding carboxylic acids is 2. The number of aromatic nitrogens is 4. The van der Waals surface area contributed by atoms with Crippen LogP contribution in [0, 0.1) is 0 Å². The molecule has 0 aromatic carbocycles. The molecule has 11 heteroatoms. The molecule has 234 valence electrons. The standard InChI is InChI=1S/C34H39N7O4/c1-5-14-38(3)25-10-11-31(36-19-25)37-28-17-24(20-39(4)33(28)43)26-12-13-35-32(27(26)21-45-22(2)42)41-16-15-40-29-9-7-6-8-23(29)18-30(40)34(41)44/h10-13,17-20H,5-9,14-16,21H2,1-4H3,(H,36,37). The second kappa shape index (κ2) is 12.6. The monoisotopic (exact) mass is 609 g/mol. The van der Waals surface area contributed by atoms with Gasteiger partial charge in [-0.15, -0.1) is 0 Å². The fourth-order valence-corrected chi connectivity index (χ4v) is 6.38. The molecule has 45 heavy (non-hydrogen) atoms. The Labute approximate surface area is 262 Å². The number of nitrogens with one attached hydrogen (secondary N) is 1. The van der Waals surface area contributed by atoms with Crippen molar-refractivity contribution < 1.29 is 14.3 Å². The zero-order valence-corrected chi connectivity index (χ0v) is 26.3. The van der Waals surface area contributed by atoms with Crippen LogP contribution in [0.3, 0.4) is 0 Å². The van der Waals surface area contributed by atoms with Crippen LogP contribution in [0.25, 0.3) is 11.1 Å². The molecule has 1 aliphatic heterocycles. The lowest BCUT2D eigenvalue weighted by molar-refractivity contribution is -0.142. The van der Waals surface area contributed by atoms with Crippen LogP contribution < -0.4 is 20.7 Å². The second-order valence-corrected chi connectivity index (χ2v) is 11.8. The molecule has 0 fully saturated rings. The minimum atomic E-state index is -0.441. The van der Waals surface area contributed by atoms with Gasteiger partial charge in [0.1, 0.15) is 29.6 Å². The molecule has 1 aliphatic carbocycles. The maximum atomic E-state index is 13.9. The molecule has 0 radical (unpaired) electrons. The molecule has 0 saturated heterocycles. The highest BCUT2D eigenvalue weighted by molar-refractivity contribution is 6.06. The SMILES string of the molecule is CCCN(C)c1ccc(Nc2cc(-c3ccnc(N4CCn5c(cc6c5CCCC6)C4=O)c3COC(C)=O)cn(C)c2=O)nc1. The first kappa shape index (κ1) is 30.1. The molecule has 5 heterocycles. The number of anilines is 4. The number of esters is 1. The molecule has 6 rings (SSSR count). The molecule has 11 nitrogen and oxygen atoms in total. The molecule has 4 aromatic rings. The largest absolute Gasteiger partial charge is 0.461 e. The molecule has 0 atom stereocenters. The Morgan fingerprint density at radius 2 is 1.91 bits per heavy atom. The van der Waals surface area contributed by atoms with Crippen LogP contribution in [-0.4, -0.2) is 51.1 Å². The molecular formula is C34H39N7O4. The van der Waals surface area contributed by atoms with Crippen LogP contribution in [0.2, 0.25) is 0 Å². The molecule has 2 aliphatic rings. The van der Waals surface area contributed by atoms with Crippen molar-refractivity contribution in [2.75, 3.05) is 35.3 Å². The number of hydrogen-bond donors (Lipinski definition) is 1. The Morgan fingerprint density at radius 1 is 1.09 bits per heavy atom. The third kappa shape index (κ3) is 5.94. The Bertz CT molecular complexity index is 1810.